The minimum Gasteiger partial charge on any atom is -0.389 e. The Kier molecular flexibility index (Phi) is 8.87. The number of piperazine rings is 1. The average Bonchev–Trinajstić information content (AvgIpc) is 3.12. The zero-order valence-electron chi connectivity index (χ0n) is 16.2. The molecule has 0 bridgehead atoms. The first kappa shape index (κ1) is 20.7. The maximum absolute atomic E-state index is 10.1. The summed E-state index contributed by atoms with van der Waals surface area (Å²) in [5, 5.41) is 17.4. The zero-order chi connectivity index (χ0) is 18.8. The van der Waals surface area contributed by atoms with Crippen molar-refractivity contribution in [2.75, 3.05) is 52.5 Å². The van der Waals surface area contributed by atoms with E-state index in [4.69, 9.17) is 9.26 Å². The van der Waals surface area contributed by atoms with Crippen LogP contribution in [-0.2, 0) is 11.3 Å². The molecule has 8 nitrogen and oxygen atoms in total. The SMILES string of the molecule is CCNC(=NCC(O)COCC(C)C)N1CCN(Cc2ccon2)CC1. The third-order valence-corrected chi connectivity index (χ3v) is 4.10. The summed E-state index contributed by atoms with van der Waals surface area (Å²) in [4.78, 5) is 9.19. The van der Waals surface area contributed by atoms with Crippen LogP contribution in [0.15, 0.2) is 21.8 Å². The molecular weight excluding hydrogens is 334 g/mol. The molecule has 0 aromatic carbocycles. The van der Waals surface area contributed by atoms with Crippen LogP contribution >= 0.6 is 0 Å². The Morgan fingerprint density at radius 2 is 2.12 bits per heavy atom. The minimum absolute atomic E-state index is 0.326. The molecule has 0 spiro atoms. The van der Waals surface area contributed by atoms with Crippen molar-refractivity contribution in [2.24, 2.45) is 10.9 Å². The van der Waals surface area contributed by atoms with E-state index >= 15 is 0 Å². The summed E-state index contributed by atoms with van der Waals surface area (Å²) < 4.78 is 10.4. The Morgan fingerprint density at radius 3 is 2.73 bits per heavy atom. The second kappa shape index (κ2) is 11.2. The van der Waals surface area contributed by atoms with Gasteiger partial charge in [0, 0.05) is 51.9 Å². The van der Waals surface area contributed by atoms with Gasteiger partial charge in [-0.15, -0.1) is 0 Å². The number of aromatic nitrogens is 1. The number of nitrogens with one attached hydrogen (secondary N) is 1. The summed E-state index contributed by atoms with van der Waals surface area (Å²) >= 11 is 0. The van der Waals surface area contributed by atoms with E-state index in [1.54, 1.807) is 6.26 Å². The van der Waals surface area contributed by atoms with Crippen LogP contribution in [-0.4, -0.2) is 84.6 Å². The summed E-state index contributed by atoms with van der Waals surface area (Å²) in [6.45, 7) is 12.9. The van der Waals surface area contributed by atoms with E-state index in [2.05, 4.69) is 46.0 Å². The third kappa shape index (κ3) is 7.31. The van der Waals surface area contributed by atoms with Gasteiger partial charge in [-0.25, -0.2) is 0 Å². The van der Waals surface area contributed by atoms with E-state index in [0.717, 1.165) is 50.9 Å². The number of nitrogens with zero attached hydrogens (tertiary/aromatic N) is 4. The Hall–Kier alpha value is -1.64. The van der Waals surface area contributed by atoms with Gasteiger partial charge in [0.25, 0.3) is 0 Å². The molecule has 2 heterocycles. The van der Waals surface area contributed by atoms with Crippen molar-refractivity contribution < 1.29 is 14.4 Å². The monoisotopic (exact) mass is 367 g/mol. The van der Waals surface area contributed by atoms with Crippen LogP contribution in [0.3, 0.4) is 0 Å². The second-order valence-electron chi connectivity index (χ2n) is 7.03. The number of guanidine groups is 1. The topological polar surface area (TPSA) is 86.4 Å². The summed E-state index contributed by atoms with van der Waals surface area (Å²) in [7, 11) is 0. The van der Waals surface area contributed by atoms with Crippen LogP contribution in [0.25, 0.3) is 0 Å². The molecule has 1 aliphatic rings. The summed E-state index contributed by atoms with van der Waals surface area (Å²) in [6.07, 6.45) is 1.04. The fourth-order valence-electron chi connectivity index (χ4n) is 2.78. The maximum atomic E-state index is 10.1. The molecule has 8 heteroatoms. The van der Waals surface area contributed by atoms with Crippen molar-refractivity contribution in [3.05, 3.63) is 18.0 Å². The average molecular weight is 367 g/mol. The van der Waals surface area contributed by atoms with E-state index in [0.29, 0.717) is 25.7 Å². The molecule has 2 rings (SSSR count). The van der Waals surface area contributed by atoms with Crippen LogP contribution in [0, 0.1) is 5.92 Å². The normalized spacial score (nSPS) is 17.7. The highest BCUT2D eigenvalue weighted by Gasteiger charge is 2.20. The number of hydrogen-bond acceptors (Lipinski definition) is 6. The van der Waals surface area contributed by atoms with Gasteiger partial charge in [0.1, 0.15) is 6.26 Å². The molecule has 0 amide bonds. The molecule has 26 heavy (non-hydrogen) atoms. The molecule has 0 saturated carbocycles. The maximum Gasteiger partial charge on any atom is 0.194 e. The quantitative estimate of drug-likeness (QED) is 0.493. The van der Waals surface area contributed by atoms with E-state index < -0.39 is 6.10 Å². The Morgan fingerprint density at radius 1 is 1.35 bits per heavy atom. The van der Waals surface area contributed by atoms with Crippen LogP contribution < -0.4 is 5.32 Å². The van der Waals surface area contributed by atoms with E-state index in [-0.39, 0.29) is 0 Å². The largest absolute Gasteiger partial charge is 0.389 e. The van der Waals surface area contributed by atoms with Gasteiger partial charge in [-0.3, -0.25) is 9.89 Å². The van der Waals surface area contributed by atoms with Crippen molar-refractivity contribution >= 4 is 5.96 Å². The number of aliphatic imine (C=N–C) groups is 1. The number of ether oxygens (including phenoxy) is 1. The molecule has 1 aromatic heterocycles. The molecule has 1 atom stereocenters. The van der Waals surface area contributed by atoms with Crippen molar-refractivity contribution in [1.82, 2.24) is 20.3 Å². The molecule has 1 aromatic rings. The van der Waals surface area contributed by atoms with Crippen molar-refractivity contribution in [3.63, 3.8) is 0 Å². The molecule has 1 saturated heterocycles. The highest BCUT2D eigenvalue weighted by molar-refractivity contribution is 5.80. The van der Waals surface area contributed by atoms with E-state index in [1.165, 1.54) is 0 Å². The van der Waals surface area contributed by atoms with Crippen LogP contribution in [0.2, 0.25) is 0 Å². The predicted octanol–water partition coefficient (Wildman–Crippen LogP) is 0.791. The lowest BCUT2D eigenvalue weighted by molar-refractivity contribution is 0.0300. The molecule has 0 radical (unpaired) electrons. The summed E-state index contributed by atoms with van der Waals surface area (Å²) in [6, 6.07) is 1.90. The smallest absolute Gasteiger partial charge is 0.194 e. The number of hydrogen-bond donors (Lipinski definition) is 2. The minimum atomic E-state index is -0.573. The molecular formula is C18H33N5O3. The molecule has 1 aliphatic heterocycles. The summed E-state index contributed by atoms with van der Waals surface area (Å²) in [5.74, 6) is 1.33. The van der Waals surface area contributed by atoms with Crippen molar-refractivity contribution in [2.45, 2.75) is 33.4 Å². The van der Waals surface area contributed by atoms with Gasteiger partial charge >= 0.3 is 0 Å². The molecule has 1 fully saturated rings. The molecule has 2 N–H and O–H groups in total. The van der Waals surface area contributed by atoms with Gasteiger partial charge in [-0.05, 0) is 12.8 Å². The first-order valence-corrected chi connectivity index (χ1v) is 9.49. The zero-order valence-corrected chi connectivity index (χ0v) is 16.2. The fourth-order valence-corrected chi connectivity index (χ4v) is 2.78. The van der Waals surface area contributed by atoms with Gasteiger partial charge < -0.3 is 24.6 Å². The number of aliphatic hydroxyl groups excluding tert-OH is 1. The van der Waals surface area contributed by atoms with Gasteiger partial charge in [0.15, 0.2) is 5.96 Å². The Bertz CT molecular complexity index is 513. The van der Waals surface area contributed by atoms with Gasteiger partial charge in [0.2, 0.25) is 0 Å². The first-order chi connectivity index (χ1) is 12.6. The predicted molar refractivity (Wildman–Crippen MR) is 101 cm³/mol. The van der Waals surface area contributed by atoms with Crippen molar-refractivity contribution in [1.29, 1.82) is 0 Å². The standard InChI is InChI=1S/C18H33N5O3/c1-4-19-18(20-11-17(24)14-25-13-15(2)3)23-8-6-22(7-9-23)12-16-5-10-26-21-16/h5,10,15,17,24H,4,6-9,11-14H2,1-3H3,(H,19,20). The van der Waals surface area contributed by atoms with E-state index in [9.17, 15) is 5.11 Å². The summed E-state index contributed by atoms with van der Waals surface area (Å²) in [5.41, 5.74) is 0.962. The number of aliphatic hydroxyl groups is 1. The molecule has 1 unspecified atom stereocenters. The first-order valence-electron chi connectivity index (χ1n) is 9.49. The second-order valence-corrected chi connectivity index (χ2v) is 7.03. The fraction of sp³-hybridized carbons (Fsp3) is 0.778. The number of rotatable bonds is 9. The Balaban J connectivity index is 1.77. The lowest BCUT2D eigenvalue weighted by Crippen LogP contribution is -2.52. The Labute approximate surface area is 156 Å². The van der Waals surface area contributed by atoms with Crippen LogP contribution in [0.4, 0.5) is 0 Å². The third-order valence-electron chi connectivity index (χ3n) is 4.10. The van der Waals surface area contributed by atoms with Crippen LogP contribution in [0.5, 0.6) is 0 Å². The lowest BCUT2D eigenvalue weighted by atomic mass is 10.2. The van der Waals surface area contributed by atoms with Gasteiger partial charge in [-0.1, -0.05) is 19.0 Å². The van der Waals surface area contributed by atoms with Gasteiger partial charge in [-0.2, -0.15) is 0 Å². The highest BCUT2D eigenvalue weighted by atomic mass is 16.5. The highest BCUT2D eigenvalue weighted by Crippen LogP contribution is 2.07. The van der Waals surface area contributed by atoms with E-state index in [1.807, 2.05) is 6.07 Å². The lowest BCUT2D eigenvalue weighted by Gasteiger charge is -2.36. The van der Waals surface area contributed by atoms with Gasteiger partial charge in [0.05, 0.1) is 24.9 Å². The van der Waals surface area contributed by atoms with Crippen LogP contribution in [0.1, 0.15) is 26.5 Å². The molecule has 0 aliphatic carbocycles. The van der Waals surface area contributed by atoms with Crippen molar-refractivity contribution in [3.8, 4) is 0 Å². The molecule has 148 valence electrons.